The van der Waals surface area contributed by atoms with Crippen molar-refractivity contribution in [3.8, 4) is 0 Å². The molecule has 0 amide bonds. The zero-order valence-corrected chi connectivity index (χ0v) is 9.39. The third-order valence-electron chi connectivity index (χ3n) is 3.41. The SMILES string of the molecule is O=[N+]([O-])c1cccc(C2CCCCCC2)c1. The monoisotopic (exact) mass is 219 g/mol. The molecule has 0 unspecified atom stereocenters. The van der Waals surface area contributed by atoms with Crippen LogP contribution >= 0.6 is 0 Å². The van der Waals surface area contributed by atoms with Crippen LogP contribution in [0.1, 0.15) is 50.0 Å². The van der Waals surface area contributed by atoms with Gasteiger partial charge in [0.15, 0.2) is 0 Å². The molecular formula is C13H17NO2. The van der Waals surface area contributed by atoms with Crippen LogP contribution in [0.15, 0.2) is 24.3 Å². The van der Waals surface area contributed by atoms with Gasteiger partial charge in [-0.15, -0.1) is 0 Å². The van der Waals surface area contributed by atoms with E-state index in [1.807, 2.05) is 6.07 Å². The van der Waals surface area contributed by atoms with Gasteiger partial charge < -0.3 is 0 Å². The minimum Gasteiger partial charge on any atom is -0.258 e. The molecule has 0 aromatic heterocycles. The van der Waals surface area contributed by atoms with Crippen molar-refractivity contribution in [1.82, 2.24) is 0 Å². The third kappa shape index (κ3) is 2.60. The van der Waals surface area contributed by atoms with Crippen molar-refractivity contribution < 1.29 is 4.92 Å². The molecule has 1 aliphatic rings. The molecule has 86 valence electrons. The summed E-state index contributed by atoms with van der Waals surface area (Å²) in [4.78, 5) is 10.4. The number of non-ortho nitro benzene ring substituents is 1. The number of nitro benzene ring substituents is 1. The van der Waals surface area contributed by atoms with Gasteiger partial charge in [0, 0.05) is 12.1 Å². The van der Waals surface area contributed by atoms with E-state index in [4.69, 9.17) is 0 Å². The molecule has 3 nitrogen and oxygen atoms in total. The van der Waals surface area contributed by atoms with Crippen LogP contribution in [0.4, 0.5) is 5.69 Å². The van der Waals surface area contributed by atoms with Crippen LogP contribution in [0.2, 0.25) is 0 Å². The van der Waals surface area contributed by atoms with Crippen molar-refractivity contribution in [3.05, 3.63) is 39.9 Å². The van der Waals surface area contributed by atoms with Gasteiger partial charge in [0.05, 0.1) is 4.92 Å². The topological polar surface area (TPSA) is 43.1 Å². The quantitative estimate of drug-likeness (QED) is 0.428. The van der Waals surface area contributed by atoms with Crippen LogP contribution in [0, 0.1) is 10.1 Å². The molecule has 16 heavy (non-hydrogen) atoms. The maximum atomic E-state index is 10.7. The highest BCUT2D eigenvalue weighted by molar-refractivity contribution is 5.36. The lowest BCUT2D eigenvalue weighted by Gasteiger charge is -2.13. The minimum atomic E-state index is -0.305. The Balaban J connectivity index is 2.18. The molecule has 1 aromatic rings. The predicted octanol–water partition coefficient (Wildman–Crippen LogP) is 4.03. The van der Waals surface area contributed by atoms with E-state index >= 15 is 0 Å². The van der Waals surface area contributed by atoms with Crippen molar-refractivity contribution in [1.29, 1.82) is 0 Å². The van der Waals surface area contributed by atoms with Gasteiger partial charge in [0.2, 0.25) is 0 Å². The van der Waals surface area contributed by atoms with E-state index in [0.29, 0.717) is 5.92 Å². The second kappa shape index (κ2) is 5.10. The number of hydrogen-bond donors (Lipinski definition) is 0. The zero-order valence-electron chi connectivity index (χ0n) is 9.39. The summed E-state index contributed by atoms with van der Waals surface area (Å²) in [5, 5.41) is 10.7. The molecular weight excluding hydrogens is 202 g/mol. The molecule has 0 saturated heterocycles. The molecule has 0 N–H and O–H groups in total. The fourth-order valence-corrected chi connectivity index (χ4v) is 2.50. The first-order valence-electron chi connectivity index (χ1n) is 6.02. The van der Waals surface area contributed by atoms with Gasteiger partial charge >= 0.3 is 0 Å². The van der Waals surface area contributed by atoms with Crippen LogP contribution in [-0.2, 0) is 0 Å². The highest BCUT2D eigenvalue weighted by Crippen LogP contribution is 2.32. The molecule has 1 saturated carbocycles. The molecule has 2 rings (SSSR count). The molecule has 3 heteroatoms. The summed E-state index contributed by atoms with van der Waals surface area (Å²) in [7, 11) is 0. The molecule has 1 fully saturated rings. The van der Waals surface area contributed by atoms with Gasteiger partial charge in [0.25, 0.3) is 5.69 Å². The first-order chi connectivity index (χ1) is 7.77. The van der Waals surface area contributed by atoms with Gasteiger partial charge in [-0.2, -0.15) is 0 Å². The lowest BCUT2D eigenvalue weighted by atomic mass is 9.91. The summed E-state index contributed by atoms with van der Waals surface area (Å²) < 4.78 is 0. The summed E-state index contributed by atoms with van der Waals surface area (Å²) in [6.45, 7) is 0. The summed E-state index contributed by atoms with van der Waals surface area (Å²) in [6.07, 6.45) is 7.50. The van der Waals surface area contributed by atoms with Crippen LogP contribution < -0.4 is 0 Å². The Bertz CT molecular complexity index is 368. The Morgan fingerprint density at radius 3 is 2.44 bits per heavy atom. The van der Waals surface area contributed by atoms with Gasteiger partial charge in [-0.05, 0) is 24.3 Å². The van der Waals surface area contributed by atoms with Gasteiger partial charge in [-0.1, -0.05) is 37.8 Å². The maximum Gasteiger partial charge on any atom is 0.269 e. The van der Waals surface area contributed by atoms with Gasteiger partial charge in [0.1, 0.15) is 0 Å². The second-order valence-corrected chi connectivity index (χ2v) is 4.54. The summed E-state index contributed by atoms with van der Waals surface area (Å²) in [5.41, 5.74) is 1.37. The van der Waals surface area contributed by atoms with Crippen LogP contribution in [-0.4, -0.2) is 4.92 Å². The normalized spacial score (nSPS) is 18.0. The highest BCUT2D eigenvalue weighted by Gasteiger charge is 2.16. The zero-order chi connectivity index (χ0) is 11.4. The van der Waals surface area contributed by atoms with Crippen LogP contribution in [0.3, 0.4) is 0 Å². The van der Waals surface area contributed by atoms with Crippen molar-refractivity contribution in [2.24, 2.45) is 0 Å². The Kier molecular flexibility index (Phi) is 3.54. The van der Waals surface area contributed by atoms with E-state index in [0.717, 1.165) is 5.56 Å². The summed E-state index contributed by atoms with van der Waals surface area (Å²) in [5.74, 6) is 0.530. The Labute approximate surface area is 95.6 Å². The molecule has 0 aliphatic heterocycles. The van der Waals surface area contributed by atoms with E-state index in [-0.39, 0.29) is 10.6 Å². The largest absolute Gasteiger partial charge is 0.269 e. The molecule has 0 bridgehead atoms. The van der Waals surface area contributed by atoms with Crippen molar-refractivity contribution >= 4 is 5.69 Å². The van der Waals surface area contributed by atoms with Gasteiger partial charge in [-0.25, -0.2) is 0 Å². The number of nitrogens with zero attached hydrogens (tertiary/aromatic N) is 1. The van der Waals surface area contributed by atoms with Gasteiger partial charge in [-0.3, -0.25) is 10.1 Å². The fraction of sp³-hybridized carbons (Fsp3) is 0.538. The van der Waals surface area contributed by atoms with Crippen LogP contribution in [0.5, 0.6) is 0 Å². The van der Waals surface area contributed by atoms with Crippen molar-refractivity contribution in [3.63, 3.8) is 0 Å². The molecule has 0 atom stereocenters. The fourth-order valence-electron chi connectivity index (χ4n) is 2.50. The Morgan fingerprint density at radius 2 is 1.81 bits per heavy atom. The first kappa shape index (κ1) is 11.1. The predicted molar refractivity (Wildman–Crippen MR) is 63.5 cm³/mol. The molecule has 1 aromatic carbocycles. The third-order valence-corrected chi connectivity index (χ3v) is 3.41. The first-order valence-corrected chi connectivity index (χ1v) is 6.02. The number of rotatable bonds is 2. The average Bonchev–Trinajstić information content (AvgIpc) is 2.57. The number of hydrogen-bond acceptors (Lipinski definition) is 2. The second-order valence-electron chi connectivity index (χ2n) is 4.54. The Morgan fingerprint density at radius 1 is 1.12 bits per heavy atom. The maximum absolute atomic E-state index is 10.7. The number of benzene rings is 1. The molecule has 1 aliphatic carbocycles. The van der Waals surface area contributed by atoms with E-state index in [2.05, 4.69) is 0 Å². The van der Waals surface area contributed by atoms with E-state index in [1.165, 1.54) is 38.5 Å². The van der Waals surface area contributed by atoms with E-state index in [1.54, 1.807) is 18.2 Å². The van der Waals surface area contributed by atoms with E-state index < -0.39 is 0 Å². The average molecular weight is 219 g/mol. The molecule has 0 spiro atoms. The molecule has 0 radical (unpaired) electrons. The lowest BCUT2D eigenvalue weighted by Crippen LogP contribution is -1.98. The summed E-state index contributed by atoms with van der Waals surface area (Å²) in [6, 6.07) is 7.15. The van der Waals surface area contributed by atoms with Crippen LogP contribution in [0.25, 0.3) is 0 Å². The smallest absolute Gasteiger partial charge is 0.258 e. The standard InChI is InChI=1S/C13H17NO2/c15-14(16)13-9-5-8-12(10-13)11-6-3-1-2-4-7-11/h5,8-11H,1-4,6-7H2. The van der Waals surface area contributed by atoms with Crippen molar-refractivity contribution in [2.45, 2.75) is 44.4 Å². The van der Waals surface area contributed by atoms with Crippen molar-refractivity contribution in [2.75, 3.05) is 0 Å². The number of nitro groups is 1. The van der Waals surface area contributed by atoms with E-state index in [9.17, 15) is 10.1 Å². The highest BCUT2D eigenvalue weighted by atomic mass is 16.6. The molecule has 0 heterocycles. The summed E-state index contributed by atoms with van der Waals surface area (Å²) >= 11 is 0. The Hall–Kier alpha value is -1.38. The minimum absolute atomic E-state index is 0.224. The lowest BCUT2D eigenvalue weighted by molar-refractivity contribution is -0.384.